The van der Waals surface area contributed by atoms with Gasteiger partial charge < -0.3 is 14.0 Å². The number of allylic oxidation sites excluding steroid dienone is 7. The van der Waals surface area contributed by atoms with Crippen LogP contribution in [0.2, 0.25) is 0 Å². The normalized spacial score (nSPS) is 11.5. The fourth-order valence-corrected chi connectivity index (χ4v) is 11.3. The molecule has 5 nitrogen and oxygen atoms in total. The largest absolute Gasteiger partial charge is 0.314 e. The van der Waals surface area contributed by atoms with Crippen molar-refractivity contribution < 1.29 is 9.13 Å². The summed E-state index contributed by atoms with van der Waals surface area (Å²) in [5.74, 6) is 0. The van der Waals surface area contributed by atoms with Gasteiger partial charge in [0.15, 0.2) is 12.4 Å². The summed E-state index contributed by atoms with van der Waals surface area (Å²) in [7, 11) is 4.23. The van der Waals surface area contributed by atoms with E-state index in [1.807, 2.05) is 50.2 Å². The molecule has 0 radical (unpaired) electrons. The number of para-hydroxylation sites is 2. The molecule has 82 heavy (non-hydrogen) atoms. The zero-order valence-electron chi connectivity index (χ0n) is 49.0. The second-order valence-electron chi connectivity index (χ2n) is 21.5. The predicted molar refractivity (Wildman–Crippen MR) is 352 cm³/mol. The molecule has 0 amide bonds. The molecule has 404 valence electrons. The summed E-state index contributed by atoms with van der Waals surface area (Å²) in [5.41, 5.74) is 24.5. The second kappa shape index (κ2) is 24.3. The van der Waals surface area contributed by atoms with E-state index in [-0.39, 0.29) is 0 Å². The molecule has 0 aliphatic carbocycles. The molecule has 0 aliphatic heterocycles. The van der Waals surface area contributed by atoms with E-state index in [9.17, 15) is 0 Å². The van der Waals surface area contributed by atoms with E-state index in [0.29, 0.717) is 0 Å². The van der Waals surface area contributed by atoms with Crippen molar-refractivity contribution >= 4 is 77.4 Å². The van der Waals surface area contributed by atoms with E-state index >= 15 is 0 Å². The fourth-order valence-electron chi connectivity index (χ4n) is 11.3. The molecule has 0 saturated carbocycles. The Hall–Kier alpha value is -9.84. The van der Waals surface area contributed by atoms with Crippen LogP contribution >= 0.6 is 0 Å². The lowest BCUT2D eigenvalue weighted by Gasteiger charge is -2.30. The van der Waals surface area contributed by atoms with Gasteiger partial charge in [-0.3, -0.25) is 0 Å². The maximum absolute atomic E-state index is 4.40. The minimum atomic E-state index is 0.999. The number of nitrogens with zero attached hydrogens (tertiary/aromatic N) is 5. The van der Waals surface area contributed by atoms with E-state index in [4.69, 9.17) is 0 Å². The van der Waals surface area contributed by atoms with Crippen LogP contribution in [0.15, 0.2) is 268 Å². The van der Waals surface area contributed by atoms with Gasteiger partial charge in [0.05, 0.1) is 33.2 Å². The Morgan fingerprint density at radius 3 is 1.41 bits per heavy atom. The van der Waals surface area contributed by atoms with Crippen molar-refractivity contribution in [2.45, 2.75) is 48.5 Å². The lowest BCUT2D eigenvalue weighted by Crippen LogP contribution is -2.30. The molecule has 0 saturated heterocycles. The number of benzene rings is 8. The highest BCUT2D eigenvalue weighted by Gasteiger charge is 2.24. The number of aryl methyl sites for hydroxylation is 2. The van der Waals surface area contributed by atoms with Crippen molar-refractivity contribution in [1.29, 1.82) is 0 Å². The van der Waals surface area contributed by atoms with Crippen LogP contribution in [0.3, 0.4) is 0 Å². The topological polar surface area (TPSA) is 20.9 Å². The average Bonchev–Trinajstić information content (AvgIpc) is 1.97. The minimum absolute atomic E-state index is 0.999. The summed E-state index contributed by atoms with van der Waals surface area (Å²) >= 11 is 0. The molecule has 0 N–H and O–H groups in total. The van der Waals surface area contributed by atoms with Crippen LogP contribution in [0.1, 0.15) is 62.4 Å². The van der Waals surface area contributed by atoms with Crippen molar-refractivity contribution in [1.82, 2.24) is 9.13 Å². The summed E-state index contributed by atoms with van der Waals surface area (Å²) in [5, 5.41) is 4.92. The van der Waals surface area contributed by atoms with Crippen LogP contribution in [0.4, 0.5) is 11.4 Å². The number of hydrogen-bond donors (Lipinski definition) is 0. The van der Waals surface area contributed by atoms with Gasteiger partial charge in [-0.05, 0) is 167 Å². The molecule has 4 heterocycles. The van der Waals surface area contributed by atoms with Gasteiger partial charge in [-0.2, -0.15) is 0 Å². The van der Waals surface area contributed by atoms with Crippen LogP contribution < -0.4 is 14.0 Å². The molecular weight excluding hydrogens is 995 g/mol. The Morgan fingerprint density at radius 2 is 0.902 bits per heavy atom. The third kappa shape index (κ3) is 11.2. The third-order valence-electron chi connectivity index (χ3n) is 15.6. The quantitative estimate of drug-likeness (QED) is 0.0934. The van der Waals surface area contributed by atoms with Crippen LogP contribution in [-0.2, 0) is 14.1 Å². The summed E-state index contributed by atoms with van der Waals surface area (Å²) in [6, 6.07) is 77.6. The van der Waals surface area contributed by atoms with Gasteiger partial charge in [-0.15, -0.1) is 0 Å². The first kappa shape index (κ1) is 55.5. The molecule has 0 spiro atoms. The van der Waals surface area contributed by atoms with Crippen molar-refractivity contribution in [3.05, 3.63) is 296 Å². The highest BCUT2D eigenvalue weighted by atomic mass is 15.2. The molecule has 5 heteroatoms. The first-order valence-corrected chi connectivity index (χ1v) is 28.1. The zero-order chi connectivity index (χ0) is 57.6. The average molecular weight is 1070 g/mol. The first-order chi connectivity index (χ1) is 39.7. The van der Waals surface area contributed by atoms with Crippen molar-refractivity contribution in [3.63, 3.8) is 0 Å². The highest BCUT2D eigenvalue weighted by Crippen LogP contribution is 2.42. The zero-order valence-corrected chi connectivity index (χ0v) is 49.0. The molecule has 12 rings (SSSR count). The van der Waals surface area contributed by atoms with Gasteiger partial charge in [0.2, 0.25) is 11.4 Å². The predicted octanol–water partition coefficient (Wildman–Crippen LogP) is 19.6. The first-order valence-electron chi connectivity index (χ1n) is 28.1. The van der Waals surface area contributed by atoms with Crippen molar-refractivity contribution in [2.24, 2.45) is 14.1 Å². The molecule has 4 aromatic heterocycles. The van der Waals surface area contributed by atoms with Gasteiger partial charge in [-0.25, -0.2) is 9.13 Å². The summed E-state index contributed by atoms with van der Waals surface area (Å²) in [4.78, 5) is 2.44. The number of rotatable bonds is 11. The molecule has 0 fully saturated rings. The van der Waals surface area contributed by atoms with E-state index in [0.717, 1.165) is 39.6 Å². The van der Waals surface area contributed by atoms with E-state index < -0.39 is 0 Å². The van der Waals surface area contributed by atoms with Crippen LogP contribution in [0.25, 0.3) is 94.2 Å². The highest BCUT2D eigenvalue weighted by molar-refractivity contribution is 6.19. The molecule has 0 bridgehead atoms. The van der Waals surface area contributed by atoms with E-state index in [2.05, 4.69) is 298 Å². The fraction of sp³-hybridized carbons (Fsp3) is 0.117. The van der Waals surface area contributed by atoms with E-state index in [1.54, 1.807) is 0 Å². The second-order valence-corrected chi connectivity index (χ2v) is 21.5. The SMILES string of the molecule is C=C(C)c1ccccc1.C=C(C)c1ccccc1.C=C(C)n1c2ccccc2c2cc3c4cc(/C(C)=C/C=C(\C)N(c5cccc(-c6cccc[n+]6C)c5C)c5cccc(-c6cccc[n+]6C)c5C)ccc4n(-c4ccccc4)c3cc21. The standard InChI is InChI=1S/C59H53N5.2C9H10/c1-39(2)62-56-27-13-12-22-48(56)50-37-51-49-36-44(32-33-57(49)64(59(51)38-58(50)62)45-20-10-9-11-21-45)40(3)30-31-41(4)63(52-28-18-23-46(42(52)5)54-25-14-16-34-60(54)7)53-29-19-24-47(43(53)6)55-26-15-17-35-61(55)8;2*1-8(2)9-6-4-3-5-7-9/h9-38H,1H2,2-8H3;2*3-7H,1H2,2H3/q+2;;/b40-30+,41-31+;;. The summed E-state index contributed by atoms with van der Waals surface area (Å²) < 4.78 is 9.10. The number of fused-ring (bicyclic) bond motifs is 6. The Bertz CT molecular complexity index is 4270. The summed E-state index contributed by atoms with van der Waals surface area (Å²) in [6.07, 6.45) is 8.80. The third-order valence-corrected chi connectivity index (χ3v) is 15.6. The van der Waals surface area contributed by atoms with Crippen molar-refractivity contribution in [2.75, 3.05) is 4.90 Å². The van der Waals surface area contributed by atoms with Gasteiger partial charge in [0.25, 0.3) is 0 Å². The molecule has 0 aliphatic rings. The number of pyridine rings is 2. The number of anilines is 2. The molecular formula is C77H73N5+2. The Kier molecular flexibility index (Phi) is 16.4. The van der Waals surface area contributed by atoms with E-state index in [1.165, 1.54) is 99.5 Å². The van der Waals surface area contributed by atoms with Gasteiger partial charge in [-0.1, -0.05) is 152 Å². The Labute approximate surface area is 485 Å². The number of aromatic nitrogens is 4. The molecule has 0 atom stereocenters. The molecule has 12 aromatic rings. The van der Waals surface area contributed by atoms with Gasteiger partial charge in [0.1, 0.15) is 14.1 Å². The smallest absolute Gasteiger partial charge is 0.212 e. The van der Waals surface area contributed by atoms with Gasteiger partial charge in [0, 0.05) is 74.3 Å². The Balaban J connectivity index is 0.000000356. The Morgan fingerprint density at radius 1 is 0.415 bits per heavy atom. The van der Waals surface area contributed by atoms with Crippen molar-refractivity contribution in [3.8, 4) is 28.2 Å². The van der Waals surface area contributed by atoms with Gasteiger partial charge >= 0.3 is 0 Å². The van der Waals surface area contributed by atoms with Crippen LogP contribution in [0.5, 0.6) is 0 Å². The minimum Gasteiger partial charge on any atom is -0.314 e. The maximum Gasteiger partial charge on any atom is 0.212 e. The molecule has 0 unspecified atom stereocenters. The maximum atomic E-state index is 4.40. The lowest BCUT2D eigenvalue weighted by atomic mass is 9.98. The number of hydrogen-bond acceptors (Lipinski definition) is 1. The van der Waals surface area contributed by atoms with Crippen LogP contribution in [-0.4, -0.2) is 9.13 Å². The van der Waals surface area contributed by atoms with Crippen LogP contribution in [0, 0.1) is 13.8 Å². The lowest BCUT2D eigenvalue weighted by molar-refractivity contribution is -0.660. The summed E-state index contributed by atoms with van der Waals surface area (Å²) in [6.45, 7) is 27.1. The molecule has 8 aromatic carbocycles. The monoisotopic (exact) mass is 1070 g/mol.